The molecule has 0 radical (unpaired) electrons. The van der Waals surface area contributed by atoms with Crippen LogP contribution in [-0.2, 0) is 4.79 Å². The maximum atomic E-state index is 12.7. The van der Waals surface area contributed by atoms with Gasteiger partial charge >= 0.3 is 0 Å². The SMILES string of the molecule is CC(C(=O)N1CCCCCC1)N1CCCN(CCO)CC1. The van der Waals surface area contributed by atoms with Gasteiger partial charge in [-0.15, -0.1) is 0 Å². The molecular formula is C16H31N3O2. The third kappa shape index (κ3) is 4.94. The Morgan fingerprint density at radius 2 is 1.67 bits per heavy atom. The number of β-amino-alcohol motifs (C(OH)–C–C–N with tert-alkyl or cyclic N) is 1. The van der Waals surface area contributed by atoms with Crippen LogP contribution in [0.1, 0.15) is 39.0 Å². The van der Waals surface area contributed by atoms with Crippen LogP contribution in [0.25, 0.3) is 0 Å². The predicted octanol–water partition coefficient (Wildman–Crippen LogP) is 0.778. The zero-order valence-corrected chi connectivity index (χ0v) is 13.5. The van der Waals surface area contributed by atoms with Crippen molar-refractivity contribution in [3.63, 3.8) is 0 Å². The first-order valence-corrected chi connectivity index (χ1v) is 8.58. The normalized spacial score (nSPS) is 24.4. The molecule has 2 aliphatic heterocycles. The Balaban J connectivity index is 1.86. The number of hydrogen-bond donors (Lipinski definition) is 1. The van der Waals surface area contributed by atoms with Gasteiger partial charge in [-0.1, -0.05) is 12.8 Å². The number of carbonyl (C=O) groups excluding carboxylic acids is 1. The summed E-state index contributed by atoms with van der Waals surface area (Å²) in [4.78, 5) is 19.4. The van der Waals surface area contributed by atoms with Crippen LogP contribution >= 0.6 is 0 Å². The molecule has 0 aromatic rings. The molecule has 1 unspecified atom stereocenters. The lowest BCUT2D eigenvalue weighted by atomic mass is 10.2. The molecule has 1 atom stereocenters. The molecule has 2 aliphatic rings. The first kappa shape index (κ1) is 16.7. The fraction of sp³-hybridized carbons (Fsp3) is 0.938. The lowest BCUT2D eigenvalue weighted by molar-refractivity contribution is -0.136. The Hall–Kier alpha value is -0.650. The second kappa shape index (κ2) is 8.71. The maximum Gasteiger partial charge on any atom is 0.239 e. The minimum Gasteiger partial charge on any atom is -0.395 e. The highest BCUT2D eigenvalue weighted by atomic mass is 16.3. The zero-order valence-electron chi connectivity index (χ0n) is 13.5. The quantitative estimate of drug-likeness (QED) is 0.833. The maximum absolute atomic E-state index is 12.7. The number of amides is 1. The molecule has 5 nitrogen and oxygen atoms in total. The van der Waals surface area contributed by atoms with Gasteiger partial charge in [0.15, 0.2) is 0 Å². The summed E-state index contributed by atoms with van der Waals surface area (Å²) in [6, 6.07) is -0.00261. The van der Waals surface area contributed by atoms with Gasteiger partial charge in [-0.3, -0.25) is 14.6 Å². The van der Waals surface area contributed by atoms with Crippen molar-refractivity contribution in [1.29, 1.82) is 0 Å². The monoisotopic (exact) mass is 297 g/mol. The van der Waals surface area contributed by atoms with Crippen molar-refractivity contribution >= 4 is 5.91 Å². The Kier molecular flexibility index (Phi) is 6.93. The number of aliphatic hydroxyl groups excluding tert-OH is 1. The van der Waals surface area contributed by atoms with Gasteiger partial charge in [0.2, 0.25) is 5.91 Å². The molecule has 0 aromatic carbocycles. The summed E-state index contributed by atoms with van der Waals surface area (Å²) in [5.74, 6) is 0.313. The smallest absolute Gasteiger partial charge is 0.239 e. The second-order valence-corrected chi connectivity index (χ2v) is 6.37. The number of rotatable bonds is 4. The van der Waals surface area contributed by atoms with E-state index >= 15 is 0 Å². The third-order valence-electron chi connectivity index (χ3n) is 4.86. The standard InChI is InChI=1S/C16H31N3O2/c1-15(16(21)19-8-4-2-3-5-9-19)18-10-6-7-17(11-12-18)13-14-20/h15,20H,2-14H2,1H3. The van der Waals surface area contributed by atoms with Gasteiger partial charge < -0.3 is 10.0 Å². The summed E-state index contributed by atoms with van der Waals surface area (Å²) < 4.78 is 0. The summed E-state index contributed by atoms with van der Waals surface area (Å²) in [6.07, 6.45) is 5.92. The van der Waals surface area contributed by atoms with Gasteiger partial charge in [0.05, 0.1) is 12.6 Å². The minimum absolute atomic E-state index is 0.00261. The summed E-state index contributed by atoms with van der Waals surface area (Å²) in [6.45, 7) is 8.82. The van der Waals surface area contributed by atoms with Crippen molar-refractivity contribution in [1.82, 2.24) is 14.7 Å². The van der Waals surface area contributed by atoms with E-state index in [-0.39, 0.29) is 12.6 Å². The van der Waals surface area contributed by atoms with Gasteiger partial charge in [-0.2, -0.15) is 0 Å². The van der Waals surface area contributed by atoms with Crippen LogP contribution in [0.2, 0.25) is 0 Å². The molecule has 2 saturated heterocycles. The molecule has 0 saturated carbocycles. The Morgan fingerprint density at radius 1 is 0.952 bits per heavy atom. The molecule has 0 aliphatic carbocycles. The van der Waals surface area contributed by atoms with Crippen LogP contribution in [0.5, 0.6) is 0 Å². The number of carbonyl (C=O) groups is 1. The molecule has 0 bridgehead atoms. The Morgan fingerprint density at radius 3 is 2.33 bits per heavy atom. The van der Waals surface area contributed by atoms with E-state index in [1.54, 1.807) is 0 Å². The van der Waals surface area contributed by atoms with E-state index in [2.05, 4.69) is 21.6 Å². The summed E-state index contributed by atoms with van der Waals surface area (Å²) in [5, 5.41) is 9.05. The van der Waals surface area contributed by atoms with Crippen molar-refractivity contribution in [2.75, 3.05) is 52.4 Å². The van der Waals surface area contributed by atoms with E-state index in [0.29, 0.717) is 5.91 Å². The van der Waals surface area contributed by atoms with E-state index in [1.807, 2.05) is 0 Å². The van der Waals surface area contributed by atoms with Crippen LogP contribution < -0.4 is 0 Å². The number of hydrogen-bond acceptors (Lipinski definition) is 4. The zero-order chi connectivity index (χ0) is 15.1. The molecular weight excluding hydrogens is 266 g/mol. The lowest BCUT2D eigenvalue weighted by Gasteiger charge is -2.31. The average Bonchev–Trinajstić information content (AvgIpc) is 2.89. The molecule has 122 valence electrons. The first-order chi connectivity index (χ1) is 10.2. The third-order valence-corrected chi connectivity index (χ3v) is 4.86. The van der Waals surface area contributed by atoms with E-state index in [4.69, 9.17) is 5.11 Å². The summed E-state index contributed by atoms with van der Waals surface area (Å²) >= 11 is 0. The van der Waals surface area contributed by atoms with Crippen LogP contribution in [0.3, 0.4) is 0 Å². The van der Waals surface area contributed by atoms with Gasteiger partial charge in [0.25, 0.3) is 0 Å². The molecule has 21 heavy (non-hydrogen) atoms. The molecule has 5 heteroatoms. The largest absolute Gasteiger partial charge is 0.395 e. The fourth-order valence-electron chi connectivity index (χ4n) is 3.45. The van der Waals surface area contributed by atoms with Crippen molar-refractivity contribution in [2.24, 2.45) is 0 Å². The first-order valence-electron chi connectivity index (χ1n) is 8.58. The van der Waals surface area contributed by atoms with E-state index in [0.717, 1.165) is 65.1 Å². The van der Waals surface area contributed by atoms with Crippen LogP contribution in [0, 0.1) is 0 Å². The van der Waals surface area contributed by atoms with Crippen molar-refractivity contribution < 1.29 is 9.90 Å². The minimum atomic E-state index is -0.00261. The van der Waals surface area contributed by atoms with Crippen molar-refractivity contribution in [3.05, 3.63) is 0 Å². The molecule has 2 heterocycles. The molecule has 1 N–H and O–H groups in total. The van der Waals surface area contributed by atoms with Gasteiger partial charge in [-0.25, -0.2) is 0 Å². The Bertz CT molecular complexity index is 317. The number of likely N-dealkylation sites (tertiary alicyclic amines) is 1. The number of aliphatic hydroxyl groups is 1. The average molecular weight is 297 g/mol. The van der Waals surface area contributed by atoms with Gasteiger partial charge in [-0.05, 0) is 32.7 Å². The number of nitrogens with zero attached hydrogens (tertiary/aromatic N) is 3. The van der Waals surface area contributed by atoms with Crippen molar-refractivity contribution in [2.45, 2.75) is 45.1 Å². The van der Waals surface area contributed by atoms with Crippen molar-refractivity contribution in [3.8, 4) is 0 Å². The topological polar surface area (TPSA) is 47.0 Å². The van der Waals surface area contributed by atoms with E-state index in [1.165, 1.54) is 12.8 Å². The molecule has 2 rings (SSSR count). The van der Waals surface area contributed by atoms with Gasteiger partial charge in [0.1, 0.15) is 0 Å². The Labute approximate surface area is 128 Å². The highest BCUT2D eigenvalue weighted by Crippen LogP contribution is 2.14. The predicted molar refractivity (Wildman–Crippen MR) is 84.2 cm³/mol. The van der Waals surface area contributed by atoms with Crippen LogP contribution in [0.15, 0.2) is 0 Å². The lowest BCUT2D eigenvalue weighted by Crippen LogP contribution is -2.48. The van der Waals surface area contributed by atoms with E-state index < -0.39 is 0 Å². The highest BCUT2D eigenvalue weighted by Gasteiger charge is 2.27. The van der Waals surface area contributed by atoms with Crippen LogP contribution in [0.4, 0.5) is 0 Å². The van der Waals surface area contributed by atoms with E-state index in [9.17, 15) is 4.79 Å². The highest BCUT2D eigenvalue weighted by molar-refractivity contribution is 5.81. The van der Waals surface area contributed by atoms with Gasteiger partial charge in [0, 0.05) is 39.3 Å². The molecule has 0 spiro atoms. The fourth-order valence-corrected chi connectivity index (χ4v) is 3.45. The summed E-state index contributed by atoms with van der Waals surface area (Å²) in [7, 11) is 0. The summed E-state index contributed by atoms with van der Waals surface area (Å²) in [5.41, 5.74) is 0. The molecule has 1 amide bonds. The molecule has 2 fully saturated rings. The van der Waals surface area contributed by atoms with Crippen LogP contribution in [-0.4, -0.2) is 84.2 Å². The second-order valence-electron chi connectivity index (χ2n) is 6.37. The molecule has 0 aromatic heterocycles.